The Bertz CT molecular complexity index is 827. The van der Waals surface area contributed by atoms with E-state index in [-0.39, 0.29) is 0 Å². The van der Waals surface area contributed by atoms with Gasteiger partial charge in [-0.25, -0.2) is 18.7 Å². The molecule has 0 bridgehead atoms. The van der Waals surface area contributed by atoms with E-state index in [4.69, 9.17) is 11.6 Å². The van der Waals surface area contributed by atoms with E-state index in [1.165, 1.54) is 12.4 Å². The Hall–Kier alpha value is -2.01. The quantitative estimate of drug-likeness (QED) is 0.636. The van der Waals surface area contributed by atoms with E-state index in [0.717, 1.165) is 28.8 Å². The topological polar surface area (TPSA) is 30.7 Å². The Kier molecular flexibility index (Phi) is 2.94. The van der Waals surface area contributed by atoms with Gasteiger partial charge in [0.2, 0.25) is 0 Å². The Balaban J connectivity index is 2.39. The van der Waals surface area contributed by atoms with Crippen molar-refractivity contribution < 1.29 is 8.78 Å². The molecule has 0 amide bonds. The predicted molar refractivity (Wildman–Crippen MR) is 73.3 cm³/mol. The van der Waals surface area contributed by atoms with Gasteiger partial charge in [-0.1, -0.05) is 11.6 Å². The largest absolute Gasteiger partial charge is 0.298 e. The van der Waals surface area contributed by atoms with Crippen LogP contribution in [0.1, 0.15) is 11.3 Å². The summed E-state index contributed by atoms with van der Waals surface area (Å²) in [6, 6.07) is 3.73. The summed E-state index contributed by atoms with van der Waals surface area (Å²) >= 11 is 6.09. The van der Waals surface area contributed by atoms with E-state index < -0.39 is 11.6 Å². The third-order valence-electron chi connectivity index (χ3n) is 3.41. The normalized spacial score (nSPS) is 11.2. The summed E-state index contributed by atoms with van der Waals surface area (Å²) in [6.45, 7) is 3.76. The highest BCUT2D eigenvalue weighted by Crippen LogP contribution is 2.31. The SMILES string of the molecule is Cc1c(C)n(-c2ccc(F)c(F)c2)c2ncnc(Cl)c12. The summed E-state index contributed by atoms with van der Waals surface area (Å²) in [5.41, 5.74) is 2.84. The molecule has 0 N–H and O–H groups in total. The lowest BCUT2D eigenvalue weighted by Gasteiger charge is -2.08. The molecule has 6 heteroatoms. The monoisotopic (exact) mass is 293 g/mol. The molecule has 1 aromatic carbocycles. The van der Waals surface area contributed by atoms with E-state index in [2.05, 4.69) is 9.97 Å². The third-order valence-corrected chi connectivity index (χ3v) is 3.69. The van der Waals surface area contributed by atoms with Crippen molar-refractivity contribution in [2.75, 3.05) is 0 Å². The summed E-state index contributed by atoms with van der Waals surface area (Å²) < 4.78 is 28.2. The fourth-order valence-electron chi connectivity index (χ4n) is 2.30. The molecule has 0 unspecified atom stereocenters. The lowest BCUT2D eigenvalue weighted by Crippen LogP contribution is -2.00. The fraction of sp³-hybridized carbons (Fsp3) is 0.143. The number of benzene rings is 1. The zero-order valence-electron chi connectivity index (χ0n) is 10.8. The van der Waals surface area contributed by atoms with Crippen LogP contribution in [0.5, 0.6) is 0 Å². The van der Waals surface area contributed by atoms with Crippen LogP contribution in [0.3, 0.4) is 0 Å². The van der Waals surface area contributed by atoms with Crippen molar-refractivity contribution in [3.8, 4) is 5.69 Å². The predicted octanol–water partition coefficient (Wildman–Crippen LogP) is 3.97. The first-order chi connectivity index (χ1) is 9.50. The highest BCUT2D eigenvalue weighted by molar-refractivity contribution is 6.34. The lowest BCUT2D eigenvalue weighted by atomic mass is 10.2. The lowest BCUT2D eigenvalue weighted by molar-refractivity contribution is 0.508. The number of halogens is 3. The van der Waals surface area contributed by atoms with Crippen molar-refractivity contribution in [1.29, 1.82) is 0 Å². The molecule has 20 heavy (non-hydrogen) atoms. The van der Waals surface area contributed by atoms with Gasteiger partial charge in [0.15, 0.2) is 11.6 Å². The second-order valence-corrected chi connectivity index (χ2v) is 4.87. The van der Waals surface area contributed by atoms with Crippen molar-refractivity contribution in [3.63, 3.8) is 0 Å². The maximum absolute atomic E-state index is 13.4. The number of aryl methyl sites for hydroxylation is 1. The smallest absolute Gasteiger partial charge is 0.160 e. The summed E-state index contributed by atoms with van der Waals surface area (Å²) in [4.78, 5) is 8.16. The first-order valence-electron chi connectivity index (χ1n) is 5.94. The maximum atomic E-state index is 13.4. The number of nitrogens with zero attached hydrogens (tertiary/aromatic N) is 3. The molecule has 3 nitrogen and oxygen atoms in total. The molecule has 0 fully saturated rings. The van der Waals surface area contributed by atoms with Crippen LogP contribution in [0.4, 0.5) is 8.78 Å². The molecule has 0 saturated carbocycles. The zero-order chi connectivity index (χ0) is 14.4. The van der Waals surface area contributed by atoms with Gasteiger partial charge in [0, 0.05) is 11.8 Å². The first-order valence-corrected chi connectivity index (χ1v) is 6.32. The molecule has 0 aliphatic heterocycles. The maximum Gasteiger partial charge on any atom is 0.160 e. The second kappa shape index (κ2) is 4.52. The molecule has 0 aliphatic carbocycles. The van der Waals surface area contributed by atoms with Gasteiger partial charge in [-0.15, -0.1) is 0 Å². The van der Waals surface area contributed by atoms with Gasteiger partial charge in [-0.05, 0) is 31.5 Å². The molecule has 3 aromatic rings. The molecule has 0 radical (unpaired) electrons. The van der Waals surface area contributed by atoms with Gasteiger partial charge in [0.05, 0.1) is 11.1 Å². The summed E-state index contributed by atoms with van der Waals surface area (Å²) in [5.74, 6) is -1.78. The number of rotatable bonds is 1. The Labute approximate surface area is 118 Å². The van der Waals surface area contributed by atoms with Crippen LogP contribution in [0, 0.1) is 25.5 Å². The van der Waals surface area contributed by atoms with Crippen LogP contribution < -0.4 is 0 Å². The molecule has 0 aliphatic rings. The molecular weight excluding hydrogens is 284 g/mol. The molecule has 2 heterocycles. The highest BCUT2D eigenvalue weighted by atomic mass is 35.5. The molecule has 3 rings (SSSR count). The Morgan fingerprint density at radius 3 is 2.55 bits per heavy atom. The second-order valence-electron chi connectivity index (χ2n) is 4.51. The van der Waals surface area contributed by atoms with Gasteiger partial charge in [-0.3, -0.25) is 4.57 Å². The van der Waals surface area contributed by atoms with Crippen LogP contribution in [0.15, 0.2) is 24.5 Å². The Morgan fingerprint density at radius 1 is 1.10 bits per heavy atom. The first kappa shape index (κ1) is 13.0. The minimum atomic E-state index is -0.901. The third kappa shape index (κ3) is 1.78. The van der Waals surface area contributed by atoms with E-state index in [9.17, 15) is 8.78 Å². The average molecular weight is 294 g/mol. The fourth-order valence-corrected chi connectivity index (χ4v) is 2.56. The molecule has 0 atom stereocenters. The molecule has 0 saturated heterocycles. The van der Waals surface area contributed by atoms with Crippen molar-refractivity contribution in [1.82, 2.24) is 14.5 Å². The summed E-state index contributed by atoms with van der Waals surface area (Å²) in [6.07, 6.45) is 1.35. The van der Waals surface area contributed by atoms with Crippen molar-refractivity contribution >= 4 is 22.6 Å². The summed E-state index contributed by atoms with van der Waals surface area (Å²) in [5, 5.41) is 1.06. The molecule has 102 valence electrons. The Morgan fingerprint density at radius 2 is 1.85 bits per heavy atom. The molecule has 0 spiro atoms. The zero-order valence-corrected chi connectivity index (χ0v) is 11.5. The standard InChI is InChI=1S/C14H10ClF2N3/c1-7-8(2)20(9-3-4-10(16)11(17)5-9)14-12(7)13(15)18-6-19-14/h3-6H,1-2H3. The van der Waals surface area contributed by atoms with Crippen molar-refractivity contribution in [2.45, 2.75) is 13.8 Å². The van der Waals surface area contributed by atoms with Crippen LogP contribution >= 0.6 is 11.6 Å². The minimum Gasteiger partial charge on any atom is -0.298 e. The van der Waals surface area contributed by atoms with Gasteiger partial charge in [0.1, 0.15) is 17.1 Å². The number of aromatic nitrogens is 3. The van der Waals surface area contributed by atoms with E-state index >= 15 is 0 Å². The average Bonchev–Trinajstić information content (AvgIpc) is 2.67. The van der Waals surface area contributed by atoms with E-state index in [0.29, 0.717) is 16.5 Å². The van der Waals surface area contributed by atoms with Crippen molar-refractivity contribution in [2.24, 2.45) is 0 Å². The highest BCUT2D eigenvalue weighted by Gasteiger charge is 2.17. The van der Waals surface area contributed by atoms with Gasteiger partial charge < -0.3 is 0 Å². The van der Waals surface area contributed by atoms with Gasteiger partial charge >= 0.3 is 0 Å². The molecular formula is C14H10ClF2N3. The van der Waals surface area contributed by atoms with Crippen molar-refractivity contribution in [3.05, 3.63) is 52.6 Å². The van der Waals surface area contributed by atoms with Gasteiger partial charge in [0.25, 0.3) is 0 Å². The van der Waals surface area contributed by atoms with Gasteiger partial charge in [-0.2, -0.15) is 0 Å². The molecule has 2 aromatic heterocycles. The minimum absolute atomic E-state index is 0.344. The summed E-state index contributed by atoms with van der Waals surface area (Å²) in [7, 11) is 0. The number of hydrogen-bond acceptors (Lipinski definition) is 2. The van der Waals surface area contributed by atoms with Crippen LogP contribution in [-0.4, -0.2) is 14.5 Å². The van der Waals surface area contributed by atoms with E-state index in [1.54, 1.807) is 4.57 Å². The van der Waals surface area contributed by atoms with E-state index in [1.807, 2.05) is 13.8 Å². The van der Waals surface area contributed by atoms with Crippen LogP contribution in [0.25, 0.3) is 16.7 Å². The van der Waals surface area contributed by atoms with Crippen LogP contribution in [0.2, 0.25) is 5.15 Å². The number of hydrogen-bond donors (Lipinski definition) is 0. The number of fused-ring (bicyclic) bond motifs is 1. The van der Waals surface area contributed by atoms with Crippen LogP contribution in [-0.2, 0) is 0 Å².